The number of hydrogen-bond donors (Lipinski definition) is 1. The number of aryl methyl sites for hydroxylation is 2. The van der Waals surface area contributed by atoms with Gasteiger partial charge in [0.15, 0.2) is 0 Å². The average Bonchev–Trinajstić information content (AvgIpc) is 2.76. The van der Waals surface area contributed by atoms with Crippen molar-refractivity contribution >= 4 is 21.6 Å². The van der Waals surface area contributed by atoms with Crippen molar-refractivity contribution in [3.8, 4) is 0 Å². The molecule has 2 N–H and O–H groups in total. The second-order valence-electron chi connectivity index (χ2n) is 2.70. The van der Waals surface area contributed by atoms with Crippen LogP contribution < -0.4 is 5.73 Å². The van der Waals surface area contributed by atoms with Crippen LogP contribution in [0.15, 0.2) is 18.2 Å². The minimum atomic E-state index is 1.12. The average molecular weight is 254 g/mol. The SMILES string of the molecule is CC.CC.CN.Cc1ccc2nc(C)sc2c1. The van der Waals surface area contributed by atoms with Crippen LogP contribution >= 0.6 is 11.3 Å². The number of thiazole rings is 1. The van der Waals surface area contributed by atoms with Crippen molar-refractivity contribution in [3.05, 3.63) is 28.8 Å². The normalized spacial score (nSPS) is 8.00. The van der Waals surface area contributed by atoms with Gasteiger partial charge in [0.2, 0.25) is 0 Å². The lowest BCUT2D eigenvalue weighted by atomic mass is 10.2. The number of nitrogens with zero attached hydrogens (tertiary/aromatic N) is 1. The van der Waals surface area contributed by atoms with Gasteiger partial charge in [0.25, 0.3) is 0 Å². The lowest BCUT2D eigenvalue weighted by Crippen LogP contribution is -1.70. The van der Waals surface area contributed by atoms with E-state index in [2.05, 4.69) is 35.8 Å². The first-order valence-corrected chi connectivity index (χ1v) is 6.99. The Kier molecular flexibility index (Phi) is 12.5. The van der Waals surface area contributed by atoms with Crippen molar-refractivity contribution in [3.63, 3.8) is 0 Å². The summed E-state index contributed by atoms with van der Waals surface area (Å²) in [6, 6.07) is 6.36. The first-order valence-electron chi connectivity index (χ1n) is 6.17. The molecule has 0 spiro atoms. The van der Waals surface area contributed by atoms with Crippen LogP contribution in [-0.4, -0.2) is 12.0 Å². The van der Waals surface area contributed by atoms with E-state index in [0.29, 0.717) is 0 Å². The van der Waals surface area contributed by atoms with Crippen LogP contribution in [0.3, 0.4) is 0 Å². The summed E-state index contributed by atoms with van der Waals surface area (Å²) >= 11 is 1.76. The molecule has 2 nitrogen and oxygen atoms in total. The minimum absolute atomic E-state index is 1.12. The number of hydrogen-bond acceptors (Lipinski definition) is 3. The van der Waals surface area contributed by atoms with E-state index in [1.807, 2.05) is 34.6 Å². The summed E-state index contributed by atoms with van der Waals surface area (Å²) in [7, 11) is 1.50. The Morgan fingerprint density at radius 1 is 1.00 bits per heavy atom. The number of benzene rings is 1. The Hall–Kier alpha value is -0.930. The van der Waals surface area contributed by atoms with Gasteiger partial charge in [-0.3, -0.25) is 0 Å². The molecule has 2 rings (SSSR count). The van der Waals surface area contributed by atoms with E-state index >= 15 is 0 Å². The highest BCUT2D eigenvalue weighted by atomic mass is 32.1. The van der Waals surface area contributed by atoms with Crippen molar-refractivity contribution in [2.75, 3.05) is 7.05 Å². The van der Waals surface area contributed by atoms with Gasteiger partial charge in [0.05, 0.1) is 15.2 Å². The predicted molar refractivity (Wildman–Crippen MR) is 81.9 cm³/mol. The maximum atomic E-state index is 4.50. The zero-order chi connectivity index (χ0) is 13.8. The molecule has 0 fully saturated rings. The summed E-state index contributed by atoms with van der Waals surface area (Å²) in [4.78, 5) is 4.37. The fourth-order valence-electron chi connectivity index (χ4n) is 1.15. The number of nitrogens with two attached hydrogens (primary N) is 1. The number of aromatic nitrogens is 1. The molecule has 0 unspecified atom stereocenters. The molecule has 1 aromatic heterocycles. The fourth-order valence-corrected chi connectivity index (χ4v) is 2.07. The van der Waals surface area contributed by atoms with E-state index in [4.69, 9.17) is 0 Å². The van der Waals surface area contributed by atoms with Gasteiger partial charge in [-0.1, -0.05) is 33.8 Å². The number of rotatable bonds is 0. The van der Waals surface area contributed by atoms with Crippen LogP contribution in [0.4, 0.5) is 0 Å². The van der Waals surface area contributed by atoms with E-state index in [1.54, 1.807) is 11.3 Å². The Balaban J connectivity index is 0. The topological polar surface area (TPSA) is 38.9 Å². The molecule has 98 valence electrons. The van der Waals surface area contributed by atoms with Crippen LogP contribution in [0.5, 0.6) is 0 Å². The highest BCUT2D eigenvalue weighted by Gasteiger charge is 1.98. The molecule has 0 saturated carbocycles. The van der Waals surface area contributed by atoms with Crippen molar-refractivity contribution in [1.82, 2.24) is 4.98 Å². The Morgan fingerprint density at radius 3 is 2.06 bits per heavy atom. The van der Waals surface area contributed by atoms with Crippen LogP contribution in [0.1, 0.15) is 38.3 Å². The maximum absolute atomic E-state index is 4.50. The zero-order valence-corrected chi connectivity index (χ0v) is 13.0. The van der Waals surface area contributed by atoms with Gasteiger partial charge in [-0.25, -0.2) is 4.98 Å². The molecule has 17 heavy (non-hydrogen) atoms. The van der Waals surface area contributed by atoms with Crippen molar-refractivity contribution in [1.29, 1.82) is 0 Å². The first kappa shape index (κ1) is 18.4. The van der Waals surface area contributed by atoms with Crippen molar-refractivity contribution in [2.45, 2.75) is 41.5 Å². The molecule has 0 amide bonds. The third kappa shape index (κ3) is 6.39. The smallest absolute Gasteiger partial charge is 0.0907 e. The highest BCUT2D eigenvalue weighted by Crippen LogP contribution is 2.21. The van der Waals surface area contributed by atoms with Gasteiger partial charge < -0.3 is 5.73 Å². The molecule has 0 saturated heterocycles. The van der Waals surface area contributed by atoms with E-state index in [9.17, 15) is 0 Å². The highest BCUT2D eigenvalue weighted by molar-refractivity contribution is 7.18. The summed E-state index contributed by atoms with van der Waals surface area (Å²) < 4.78 is 1.29. The van der Waals surface area contributed by atoms with Gasteiger partial charge >= 0.3 is 0 Å². The van der Waals surface area contributed by atoms with E-state index in [0.717, 1.165) is 10.5 Å². The van der Waals surface area contributed by atoms with Crippen LogP contribution in [0, 0.1) is 13.8 Å². The quantitative estimate of drug-likeness (QED) is 0.749. The van der Waals surface area contributed by atoms with Crippen LogP contribution in [-0.2, 0) is 0 Å². The molecular formula is C14H26N2S. The predicted octanol–water partition coefficient (Wildman–Crippen LogP) is 4.54. The summed E-state index contributed by atoms with van der Waals surface area (Å²) in [6.45, 7) is 12.1. The van der Waals surface area contributed by atoms with Crippen LogP contribution in [0.2, 0.25) is 0 Å². The molecule has 0 aliphatic heterocycles. The summed E-state index contributed by atoms with van der Waals surface area (Å²) in [6.07, 6.45) is 0. The second-order valence-corrected chi connectivity index (χ2v) is 3.94. The van der Waals surface area contributed by atoms with Crippen molar-refractivity contribution < 1.29 is 0 Å². The Morgan fingerprint density at radius 2 is 1.53 bits per heavy atom. The van der Waals surface area contributed by atoms with E-state index in [1.165, 1.54) is 17.3 Å². The largest absolute Gasteiger partial charge is 0.333 e. The van der Waals surface area contributed by atoms with Gasteiger partial charge in [-0.2, -0.15) is 0 Å². The summed E-state index contributed by atoms with van der Waals surface area (Å²) in [5, 5.41) is 1.14. The van der Waals surface area contributed by atoms with Gasteiger partial charge in [-0.05, 0) is 38.6 Å². The number of fused-ring (bicyclic) bond motifs is 1. The Labute approximate surface area is 110 Å². The standard InChI is InChI=1S/C9H9NS.2C2H6.CH5N/c1-6-3-4-8-9(5-6)11-7(2)10-8;3*1-2/h3-5H,1-2H3;2*1-2H3;2H2,1H3. The zero-order valence-electron chi connectivity index (χ0n) is 12.2. The second kappa shape index (κ2) is 11.6. The summed E-state index contributed by atoms with van der Waals surface area (Å²) in [5.74, 6) is 0. The summed E-state index contributed by atoms with van der Waals surface area (Å²) in [5.41, 5.74) is 6.93. The monoisotopic (exact) mass is 254 g/mol. The third-order valence-electron chi connectivity index (χ3n) is 1.65. The Bertz CT molecular complexity index is 394. The van der Waals surface area contributed by atoms with Gasteiger partial charge in [0, 0.05) is 0 Å². The minimum Gasteiger partial charge on any atom is -0.333 e. The molecule has 0 aliphatic rings. The molecule has 3 heteroatoms. The molecule has 0 bridgehead atoms. The molecular weight excluding hydrogens is 228 g/mol. The van der Waals surface area contributed by atoms with Gasteiger partial charge in [-0.15, -0.1) is 11.3 Å². The first-order chi connectivity index (χ1) is 8.25. The third-order valence-corrected chi connectivity index (χ3v) is 2.58. The molecule has 2 aromatic rings. The molecule has 0 aliphatic carbocycles. The maximum Gasteiger partial charge on any atom is 0.0907 e. The van der Waals surface area contributed by atoms with E-state index < -0.39 is 0 Å². The molecule has 0 atom stereocenters. The molecule has 0 radical (unpaired) electrons. The molecule has 1 heterocycles. The lowest BCUT2D eigenvalue weighted by Gasteiger charge is -1.88. The van der Waals surface area contributed by atoms with Crippen LogP contribution in [0.25, 0.3) is 10.2 Å². The fraction of sp³-hybridized carbons (Fsp3) is 0.500. The van der Waals surface area contributed by atoms with Gasteiger partial charge in [0.1, 0.15) is 0 Å². The lowest BCUT2D eigenvalue weighted by molar-refractivity contribution is 1.34. The van der Waals surface area contributed by atoms with Crippen molar-refractivity contribution in [2.24, 2.45) is 5.73 Å². The van der Waals surface area contributed by atoms with E-state index in [-0.39, 0.29) is 0 Å². The molecule has 1 aromatic carbocycles.